The zero-order chi connectivity index (χ0) is 19.9. The van der Waals surface area contributed by atoms with E-state index in [1.54, 1.807) is 23.5 Å². The number of aromatic nitrogens is 1. The van der Waals surface area contributed by atoms with Crippen molar-refractivity contribution in [3.05, 3.63) is 64.7 Å². The van der Waals surface area contributed by atoms with Gasteiger partial charge in [-0.1, -0.05) is 31.2 Å². The molecule has 3 aromatic rings. The van der Waals surface area contributed by atoms with Crippen LogP contribution in [-0.4, -0.2) is 19.4 Å². The zero-order valence-corrected chi connectivity index (χ0v) is 17.6. The smallest absolute Gasteiger partial charge is 0.238 e. The third kappa shape index (κ3) is 3.70. The van der Waals surface area contributed by atoms with Crippen molar-refractivity contribution < 1.29 is 8.42 Å². The molecule has 2 aromatic carbocycles. The van der Waals surface area contributed by atoms with Crippen molar-refractivity contribution in [3.8, 4) is 10.6 Å². The van der Waals surface area contributed by atoms with Crippen LogP contribution in [0, 0.1) is 0 Å². The summed E-state index contributed by atoms with van der Waals surface area (Å²) < 4.78 is 23.2. The highest BCUT2D eigenvalue weighted by atomic mass is 32.2. The van der Waals surface area contributed by atoms with Crippen LogP contribution in [0.4, 0.5) is 5.69 Å². The van der Waals surface area contributed by atoms with E-state index in [9.17, 15) is 8.42 Å². The molecule has 1 aliphatic heterocycles. The van der Waals surface area contributed by atoms with E-state index < -0.39 is 10.0 Å². The van der Waals surface area contributed by atoms with E-state index >= 15 is 0 Å². The van der Waals surface area contributed by atoms with Crippen LogP contribution >= 0.6 is 11.3 Å². The van der Waals surface area contributed by atoms with Crippen molar-refractivity contribution >= 4 is 27.0 Å². The summed E-state index contributed by atoms with van der Waals surface area (Å²) in [5, 5.41) is 8.40. The minimum atomic E-state index is -3.68. The molecule has 0 saturated heterocycles. The summed E-state index contributed by atoms with van der Waals surface area (Å²) >= 11 is 1.65. The van der Waals surface area contributed by atoms with Gasteiger partial charge in [-0.15, -0.1) is 11.3 Å². The molecule has 28 heavy (non-hydrogen) atoms. The second kappa shape index (κ2) is 7.31. The van der Waals surface area contributed by atoms with E-state index in [1.165, 1.54) is 5.56 Å². The Kier molecular flexibility index (Phi) is 4.99. The normalized spacial score (nSPS) is 16.4. The monoisotopic (exact) mass is 413 g/mol. The number of nitrogens with zero attached hydrogens (tertiary/aromatic N) is 2. The number of thiazole rings is 1. The fourth-order valence-corrected chi connectivity index (χ4v) is 5.04. The molecule has 7 heteroatoms. The lowest BCUT2D eigenvalue weighted by molar-refractivity contribution is 0.597. The largest absolute Gasteiger partial charge is 0.362 e. The van der Waals surface area contributed by atoms with E-state index in [0.717, 1.165) is 40.4 Å². The molecule has 0 fully saturated rings. The summed E-state index contributed by atoms with van der Waals surface area (Å²) in [6, 6.07) is 14.0. The summed E-state index contributed by atoms with van der Waals surface area (Å²) in [6.07, 6.45) is 1.83. The van der Waals surface area contributed by atoms with Crippen molar-refractivity contribution in [2.75, 3.05) is 4.90 Å². The van der Waals surface area contributed by atoms with E-state index in [0.29, 0.717) is 6.54 Å². The molecule has 4 rings (SSSR count). The maximum absolute atomic E-state index is 11.6. The van der Waals surface area contributed by atoms with Gasteiger partial charge in [0.2, 0.25) is 10.0 Å². The predicted octanol–water partition coefficient (Wildman–Crippen LogP) is 3.97. The molecule has 0 spiro atoms. The maximum Gasteiger partial charge on any atom is 0.238 e. The SMILES string of the molecule is CCc1ccc(-c2nc(CN3c4ccc(S(N)(=O)=O)cc4C[C@@H]3C)cs2)cc1. The molecule has 0 saturated carbocycles. The van der Waals surface area contributed by atoms with Crippen LogP contribution in [0.3, 0.4) is 0 Å². The maximum atomic E-state index is 11.6. The molecule has 0 radical (unpaired) electrons. The second-order valence-corrected chi connectivity index (χ2v) is 9.63. The number of nitrogens with two attached hydrogens (primary N) is 1. The number of primary sulfonamides is 1. The predicted molar refractivity (Wildman–Crippen MR) is 114 cm³/mol. The van der Waals surface area contributed by atoms with Crippen LogP contribution < -0.4 is 10.0 Å². The van der Waals surface area contributed by atoms with Crippen molar-refractivity contribution in [3.63, 3.8) is 0 Å². The molecule has 0 amide bonds. The molecule has 5 nitrogen and oxygen atoms in total. The molecule has 2 heterocycles. The summed E-state index contributed by atoms with van der Waals surface area (Å²) in [4.78, 5) is 7.28. The van der Waals surface area contributed by atoms with Crippen LogP contribution in [0.2, 0.25) is 0 Å². The number of fused-ring (bicyclic) bond motifs is 1. The molecule has 1 aromatic heterocycles. The van der Waals surface area contributed by atoms with E-state index in [1.807, 2.05) is 6.07 Å². The van der Waals surface area contributed by atoms with Crippen LogP contribution in [0.1, 0.15) is 30.7 Å². The molecule has 2 N–H and O–H groups in total. The van der Waals surface area contributed by atoms with Gasteiger partial charge < -0.3 is 4.90 Å². The van der Waals surface area contributed by atoms with Crippen molar-refractivity contribution in [2.45, 2.75) is 44.2 Å². The Morgan fingerprint density at radius 1 is 1.21 bits per heavy atom. The molecule has 1 atom stereocenters. The average Bonchev–Trinajstić information content (AvgIpc) is 3.26. The van der Waals surface area contributed by atoms with Crippen LogP contribution in [0.15, 0.2) is 52.7 Å². The van der Waals surface area contributed by atoms with Gasteiger partial charge in [0.25, 0.3) is 0 Å². The van der Waals surface area contributed by atoms with Crippen molar-refractivity contribution in [2.24, 2.45) is 5.14 Å². The van der Waals surface area contributed by atoms with Crippen LogP contribution in [-0.2, 0) is 29.4 Å². The number of benzene rings is 2. The standard InChI is InChI=1S/C21H23N3O2S2/c1-3-15-4-6-16(7-5-15)21-23-18(13-27-21)12-24-14(2)10-17-11-19(28(22,25)26)8-9-20(17)24/h4-9,11,13-14H,3,10,12H2,1-2H3,(H2,22,25,26)/t14-/m0/s1. The highest BCUT2D eigenvalue weighted by molar-refractivity contribution is 7.89. The van der Waals surface area contributed by atoms with E-state index in [-0.39, 0.29) is 10.9 Å². The first-order valence-electron chi connectivity index (χ1n) is 9.31. The minimum absolute atomic E-state index is 0.173. The van der Waals surface area contributed by atoms with Crippen LogP contribution in [0.25, 0.3) is 10.6 Å². The molecule has 0 bridgehead atoms. The summed E-state index contributed by atoms with van der Waals surface area (Å²) in [5.74, 6) is 0. The number of aryl methyl sites for hydroxylation is 1. The van der Waals surface area contributed by atoms with Gasteiger partial charge in [0.1, 0.15) is 5.01 Å². The van der Waals surface area contributed by atoms with Gasteiger partial charge in [0.05, 0.1) is 17.1 Å². The molecular formula is C21H23N3O2S2. The second-order valence-electron chi connectivity index (χ2n) is 7.21. The Balaban J connectivity index is 1.56. The van der Waals surface area contributed by atoms with Gasteiger partial charge >= 0.3 is 0 Å². The van der Waals surface area contributed by atoms with Crippen molar-refractivity contribution in [1.82, 2.24) is 4.98 Å². The summed E-state index contributed by atoms with van der Waals surface area (Å²) in [6.45, 7) is 5.00. The molecule has 0 aliphatic carbocycles. The van der Waals surface area contributed by atoms with Gasteiger partial charge in [-0.05, 0) is 49.1 Å². The van der Waals surface area contributed by atoms with Gasteiger partial charge in [0, 0.05) is 22.7 Å². The molecule has 146 valence electrons. The quantitative estimate of drug-likeness (QED) is 0.687. The van der Waals surface area contributed by atoms with Gasteiger partial charge in [0.15, 0.2) is 0 Å². The Bertz CT molecular complexity index is 1100. The van der Waals surface area contributed by atoms with Gasteiger partial charge in [-0.3, -0.25) is 0 Å². The number of anilines is 1. The number of hydrogen-bond acceptors (Lipinski definition) is 5. The summed E-state index contributed by atoms with van der Waals surface area (Å²) in [5.41, 5.74) is 5.56. The Morgan fingerprint density at radius 2 is 1.96 bits per heavy atom. The lowest BCUT2D eigenvalue weighted by Gasteiger charge is -2.24. The third-order valence-corrected chi connectivity index (χ3v) is 7.08. The first kappa shape index (κ1) is 19.1. The number of sulfonamides is 1. The fourth-order valence-electron chi connectivity index (χ4n) is 3.66. The van der Waals surface area contributed by atoms with Crippen molar-refractivity contribution in [1.29, 1.82) is 0 Å². The molecular weight excluding hydrogens is 390 g/mol. The highest BCUT2D eigenvalue weighted by Gasteiger charge is 2.28. The van der Waals surface area contributed by atoms with E-state index in [4.69, 9.17) is 10.1 Å². The molecule has 1 aliphatic rings. The first-order valence-corrected chi connectivity index (χ1v) is 11.7. The Morgan fingerprint density at radius 3 is 2.64 bits per heavy atom. The Labute approximate surface area is 169 Å². The highest BCUT2D eigenvalue weighted by Crippen LogP contribution is 2.35. The summed E-state index contributed by atoms with van der Waals surface area (Å²) in [7, 11) is -3.68. The Hall–Kier alpha value is -2.22. The lowest BCUT2D eigenvalue weighted by atomic mass is 10.1. The van der Waals surface area contributed by atoms with Gasteiger partial charge in [-0.2, -0.15) is 0 Å². The minimum Gasteiger partial charge on any atom is -0.362 e. The topological polar surface area (TPSA) is 76.3 Å². The lowest BCUT2D eigenvalue weighted by Crippen LogP contribution is -2.28. The zero-order valence-electron chi connectivity index (χ0n) is 15.9. The van der Waals surface area contributed by atoms with Crippen LogP contribution in [0.5, 0.6) is 0 Å². The average molecular weight is 414 g/mol. The molecule has 0 unspecified atom stereocenters. The van der Waals surface area contributed by atoms with E-state index in [2.05, 4.69) is 48.4 Å². The number of rotatable bonds is 5. The van der Waals surface area contributed by atoms with Gasteiger partial charge in [-0.25, -0.2) is 18.5 Å². The fraction of sp³-hybridized carbons (Fsp3) is 0.286. The third-order valence-electron chi connectivity index (χ3n) is 5.23. The number of hydrogen-bond donors (Lipinski definition) is 1. The first-order chi connectivity index (χ1) is 13.3.